The van der Waals surface area contributed by atoms with Crippen molar-refractivity contribution in [3.8, 4) is 22.5 Å². The smallest absolute Gasteiger partial charge is 0.270 e. The molecule has 0 aliphatic heterocycles. The van der Waals surface area contributed by atoms with Gasteiger partial charge in [0.25, 0.3) is 11.8 Å². The molecule has 6 rings (SSSR count). The zero-order valence-electron chi connectivity index (χ0n) is 28.7. The molecule has 2 aliphatic carbocycles. The molecule has 0 bridgehead atoms. The molecule has 13 nitrogen and oxygen atoms in total. The molecule has 4 aromatic rings. The number of aliphatic hydroxyl groups is 1. The first-order valence-electron chi connectivity index (χ1n) is 17.4. The molecule has 7 N–H and O–H groups in total. The van der Waals surface area contributed by atoms with Crippen molar-refractivity contribution in [1.29, 1.82) is 0 Å². The number of nitrogens with zero attached hydrogens (tertiary/aromatic N) is 5. The van der Waals surface area contributed by atoms with Crippen molar-refractivity contribution >= 4 is 35.8 Å². The second-order valence-electron chi connectivity index (χ2n) is 13.6. The van der Waals surface area contributed by atoms with Crippen molar-refractivity contribution in [2.45, 2.75) is 82.9 Å². The number of imide groups is 1. The number of aromatic amines is 1. The number of H-pyrrole nitrogens is 1. The van der Waals surface area contributed by atoms with Crippen LogP contribution in [0.15, 0.2) is 60.7 Å². The molecule has 0 unspecified atom stereocenters. The number of nitrogens with two attached hydrogens (primary N) is 2. The summed E-state index contributed by atoms with van der Waals surface area (Å²) in [4.78, 5) is 46.6. The molecule has 14 heteroatoms. The van der Waals surface area contributed by atoms with Crippen molar-refractivity contribution in [1.82, 2.24) is 30.9 Å². The van der Waals surface area contributed by atoms with Gasteiger partial charge in [0.2, 0.25) is 11.7 Å². The standard InChI is InChI=1S/C37H45N9O4.ClH/c1-22-31(18-19-33(40-22)35(48)41-28-12-16-30(47)17-13-28)25-6-2-23(3-7-25)20-32(39)37(50)46(36(49)27-8-4-24(21-38)5-9-27)29-14-10-26(11-15-29)34-42-44-45-43-34;/h2-3,6-7,10-11,14-15,18-19,24,27-28,30,32,47H,4-5,8-9,12-13,16-17,20-21,38-39H2,1H3,(H,41,48)(H,42,43,44,45);1H/t24-,27-,28?,30?,32-;/m0./s1. The molecule has 51 heavy (non-hydrogen) atoms. The van der Waals surface area contributed by atoms with Gasteiger partial charge in [-0.2, -0.15) is 5.21 Å². The number of aryl methyl sites for hydroxylation is 1. The van der Waals surface area contributed by atoms with Crippen LogP contribution in [-0.4, -0.2) is 73.2 Å². The topological polar surface area (TPSA) is 206 Å². The van der Waals surface area contributed by atoms with Crippen molar-refractivity contribution in [3.05, 3.63) is 77.6 Å². The van der Waals surface area contributed by atoms with E-state index in [1.54, 1.807) is 30.3 Å². The molecule has 0 saturated heterocycles. The number of benzene rings is 2. The van der Waals surface area contributed by atoms with Gasteiger partial charge in [0.1, 0.15) is 5.69 Å². The van der Waals surface area contributed by atoms with Crippen LogP contribution in [0.5, 0.6) is 0 Å². The van der Waals surface area contributed by atoms with Gasteiger partial charge in [-0.25, -0.2) is 9.88 Å². The van der Waals surface area contributed by atoms with Crippen LogP contribution in [0.2, 0.25) is 0 Å². The van der Waals surface area contributed by atoms with Gasteiger partial charge in [0, 0.05) is 28.8 Å². The predicted octanol–water partition coefficient (Wildman–Crippen LogP) is 3.89. The first-order chi connectivity index (χ1) is 24.2. The Hall–Kier alpha value is -4.56. The summed E-state index contributed by atoms with van der Waals surface area (Å²) in [5.41, 5.74) is 17.3. The van der Waals surface area contributed by atoms with E-state index in [0.717, 1.165) is 48.1 Å². The van der Waals surface area contributed by atoms with E-state index >= 15 is 0 Å². The lowest BCUT2D eigenvalue weighted by molar-refractivity contribution is -0.130. The van der Waals surface area contributed by atoms with Gasteiger partial charge < -0.3 is 21.9 Å². The van der Waals surface area contributed by atoms with Crippen LogP contribution in [0.1, 0.15) is 73.1 Å². The van der Waals surface area contributed by atoms with Crippen LogP contribution >= 0.6 is 12.4 Å². The minimum atomic E-state index is -0.962. The van der Waals surface area contributed by atoms with Crippen molar-refractivity contribution in [2.75, 3.05) is 11.4 Å². The maximum atomic E-state index is 14.0. The van der Waals surface area contributed by atoms with Gasteiger partial charge >= 0.3 is 0 Å². The number of carbonyl (C=O) groups excluding carboxylic acids is 3. The summed E-state index contributed by atoms with van der Waals surface area (Å²) in [6.07, 6.45) is 5.89. The molecule has 2 aromatic heterocycles. The Bertz CT molecular complexity index is 1770. The molecule has 2 aromatic carbocycles. The van der Waals surface area contributed by atoms with Crippen molar-refractivity contribution in [3.63, 3.8) is 0 Å². The largest absolute Gasteiger partial charge is 0.393 e. The van der Waals surface area contributed by atoms with Gasteiger partial charge in [0.05, 0.1) is 17.8 Å². The molecule has 0 radical (unpaired) electrons. The number of nitrogens with one attached hydrogen (secondary N) is 2. The van der Waals surface area contributed by atoms with E-state index in [4.69, 9.17) is 11.5 Å². The van der Waals surface area contributed by atoms with E-state index in [-0.39, 0.29) is 48.7 Å². The maximum Gasteiger partial charge on any atom is 0.270 e. The number of tetrazole rings is 1. The summed E-state index contributed by atoms with van der Waals surface area (Å²) >= 11 is 0. The molecule has 2 saturated carbocycles. The van der Waals surface area contributed by atoms with E-state index in [2.05, 4.69) is 30.9 Å². The summed E-state index contributed by atoms with van der Waals surface area (Å²) in [6, 6.07) is 17.3. The molecule has 270 valence electrons. The van der Waals surface area contributed by atoms with Crippen LogP contribution < -0.4 is 21.7 Å². The number of carbonyl (C=O) groups is 3. The van der Waals surface area contributed by atoms with Crippen molar-refractivity contribution in [2.24, 2.45) is 23.3 Å². The number of rotatable bonds is 10. The van der Waals surface area contributed by atoms with Crippen LogP contribution in [0.4, 0.5) is 5.69 Å². The highest BCUT2D eigenvalue weighted by Crippen LogP contribution is 2.32. The first-order valence-corrected chi connectivity index (χ1v) is 17.4. The summed E-state index contributed by atoms with van der Waals surface area (Å²) < 4.78 is 0. The fraction of sp³-hybridized carbons (Fsp3) is 0.432. The molecule has 2 fully saturated rings. The fourth-order valence-electron chi connectivity index (χ4n) is 7.03. The number of aliphatic hydroxyl groups excluding tert-OH is 1. The molecule has 1 atom stereocenters. The zero-order valence-corrected chi connectivity index (χ0v) is 29.5. The molecule has 3 amide bonds. The summed E-state index contributed by atoms with van der Waals surface area (Å²) in [7, 11) is 0. The second-order valence-corrected chi connectivity index (χ2v) is 13.6. The normalized spacial score (nSPS) is 20.9. The third-order valence-corrected chi connectivity index (χ3v) is 10.1. The molecule has 2 heterocycles. The average Bonchev–Trinajstić information content (AvgIpc) is 3.69. The number of hydrogen-bond acceptors (Lipinski definition) is 10. The third-order valence-electron chi connectivity index (χ3n) is 10.1. The van der Waals surface area contributed by atoms with Gasteiger partial charge in [-0.05, 0) is 124 Å². The number of pyridine rings is 1. The van der Waals surface area contributed by atoms with Gasteiger partial charge in [-0.3, -0.25) is 14.4 Å². The Morgan fingerprint density at radius 1 is 0.922 bits per heavy atom. The van der Waals surface area contributed by atoms with E-state index in [0.29, 0.717) is 60.9 Å². The number of anilines is 1. The highest BCUT2D eigenvalue weighted by Gasteiger charge is 2.35. The van der Waals surface area contributed by atoms with Gasteiger partial charge in [-0.1, -0.05) is 30.3 Å². The van der Waals surface area contributed by atoms with Crippen LogP contribution in [-0.2, 0) is 16.0 Å². The average molecular weight is 716 g/mol. The Kier molecular flexibility index (Phi) is 12.6. The maximum absolute atomic E-state index is 14.0. The minimum Gasteiger partial charge on any atom is -0.393 e. The van der Waals surface area contributed by atoms with Crippen molar-refractivity contribution < 1.29 is 19.5 Å². The number of halogens is 1. The summed E-state index contributed by atoms with van der Waals surface area (Å²) in [5.74, 6) is -0.422. The lowest BCUT2D eigenvalue weighted by Gasteiger charge is -2.32. The van der Waals surface area contributed by atoms with Gasteiger partial charge in [0.15, 0.2) is 0 Å². The number of aromatic nitrogens is 5. The Labute approximate surface area is 303 Å². The fourth-order valence-corrected chi connectivity index (χ4v) is 7.03. The van der Waals surface area contributed by atoms with Crippen LogP contribution in [0.25, 0.3) is 22.5 Å². The second kappa shape index (κ2) is 17.1. The highest BCUT2D eigenvalue weighted by molar-refractivity contribution is 6.17. The van der Waals surface area contributed by atoms with E-state index in [9.17, 15) is 19.5 Å². The van der Waals surface area contributed by atoms with E-state index < -0.39 is 11.9 Å². The third kappa shape index (κ3) is 9.03. The predicted molar refractivity (Wildman–Crippen MR) is 196 cm³/mol. The molecule has 2 aliphatic rings. The lowest BCUT2D eigenvalue weighted by atomic mass is 9.81. The Balaban J connectivity index is 0.00000504. The number of hydrogen-bond donors (Lipinski definition) is 5. The molecular weight excluding hydrogens is 670 g/mol. The monoisotopic (exact) mass is 715 g/mol. The van der Waals surface area contributed by atoms with E-state index in [1.807, 2.05) is 37.3 Å². The Morgan fingerprint density at radius 3 is 2.20 bits per heavy atom. The quantitative estimate of drug-likeness (QED) is 0.160. The summed E-state index contributed by atoms with van der Waals surface area (Å²) in [5, 5.41) is 26.8. The molecule has 0 spiro atoms. The van der Waals surface area contributed by atoms with Crippen LogP contribution in [0, 0.1) is 18.8 Å². The van der Waals surface area contributed by atoms with E-state index in [1.165, 1.54) is 4.90 Å². The first kappa shape index (κ1) is 37.7. The molecular formula is C37H46ClN9O4. The summed E-state index contributed by atoms with van der Waals surface area (Å²) in [6.45, 7) is 2.46. The zero-order chi connectivity index (χ0) is 35.2. The highest BCUT2D eigenvalue weighted by atomic mass is 35.5. The van der Waals surface area contributed by atoms with Gasteiger partial charge in [-0.15, -0.1) is 22.6 Å². The minimum absolute atomic E-state index is 0. The lowest BCUT2D eigenvalue weighted by Crippen LogP contribution is -2.50. The SMILES string of the molecule is Cc1nc(C(=O)NC2CCC(O)CC2)ccc1-c1ccc(C[C@H](N)C(=O)N(c2ccc(-c3nn[nH]n3)cc2)C(=O)[C@H]2CC[C@H](CN)CC2)cc1.Cl. The Morgan fingerprint density at radius 2 is 1.59 bits per heavy atom. The number of amides is 3. The van der Waals surface area contributed by atoms with Crippen LogP contribution in [0.3, 0.4) is 0 Å².